The summed E-state index contributed by atoms with van der Waals surface area (Å²) in [7, 11) is 0. The molecule has 0 aromatic heterocycles. The van der Waals surface area contributed by atoms with Gasteiger partial charge in [-0.1, -0.05) is 32.0 Å². The van der Waals surface area contributed by atoms with E-state index in [0.717, 1.165) is 24.1 Å². The van der Waals surface area contributed by atoms with E-state index in [0.29, 0.717) is 13.1 Å². The zero-order valence-electron chi connectivity index (χ0n) is 14.2. The SMILES string of the molecule is CCCNC(=O)COC(=O)[C@@H]1CC(=O)N(c2ccccc2CC)C1. The zero-order chi connectivity index (χ0) is 17.5. The van der Waals surface area contributed by atoms with Crippen LogP contribution in [0, 0.1) is 5.92 Å². The highest BCUT2D eigenvalue weighted by molar-refractivity contribution is 6.00. The summed E-state index contributed by atoms with van der Waals surface area (Å²) < 4.78 is 5.04. The van der Waals surface area contributed by atoms with Crippen molar-refractivity contribution in [2.45, 2.75) is 33.1 Å². The minimum absolute atomic E-state index is 0.0896. The molecule has 1 atom stereocenters. The molecule has 1 saturated heterocycles. The number of anilines is 1. The molecule has 6 nitrogen and oxygen atoms in total. The van der Waals surface area contributed by atoms with Crippen molar-refractivity contribution in [2.24, 2.45) is 5.92 Å². The largest absolute Gasteiger partial charge is 0.455 e. The Balaban J connectivity index is 1.94. The lowest BCUT2D eigenvalue weighted by molar-refractivity contribution is -0.152. The first-order chi connectivity index (χ1) is 11.6. The molecule has 1 aliphatic rings. The summed E-state index contributed by atoms with van der Waals surface area (Å²) in [6.45, 7) is 4.53. The van der Waals surface area contributed by atoms with Crippen molar-refractivity contribution in [1.29, 1.82) is 0 Å². The Morgan fingerprint density at radius 2 is 2.04 bits per heavy atom. The van der Waals surface area contributed by atoms with E-state index in [1.165, 1.54) is 0 Å². The van der Waals surface area contributed by atoms with Gasteiger partial charge in [0.15, 0.2) is 6.61 Å². The van der Waals surface area contributed by atoms with Crippen LogP contribution in [0.2, 0.25) is 0 Å². The fourth-order valence-corrected chi connectivity index (χ4v) is 2.74. The quantitative estimate of drug-likeness (QED) is 0.771. The van der Waals surface area contributed by atoms with Crippen LogP contribution >= 0.6 is 0 Å². The topological polar surface area (TPSA) is 75.7 Å². The monoisotopic (exact) mass is 332 g/mol. The summed E-state index contributed by atoms with van der Waals surface area (Å²) in [6, 6.07) is 7.68. The average Bonchev–Trinajstić information content (AvgIpc) is 2.99. The lowest BCUT2D eigenvalue weighted by atomic mass is 10.1. The second kappa shape index (κ2) is 8.47. The Bertz CT molecular complexity index is 615. The van der Waals surface area contributed by atoms with Crippen LogP contribution in [0.5, 0.6) is 0 Å². The van der Waals surface area contributed by atoms with Crippen LogP contribution in [-0.4, -0.2) is 37.5 Å². The summed E-state index contributed by atoms with van der Waals surface area (Å²) in [5.41, 5.74) is 1.92. The lowest BCUT2D eigenvalue weighted by Gasteiger charge is -2.19. The van der Waals surface area contributed by atoms with Gasteiger partial charge in [-0.3, -0.25) is 14.4 Å². The number of para-hydroxylation sites is 1. The molecule has 24 heavy (non-hydrogen) atoms. The first-order valence-corrected chi connectivity index (χ1v) is 8.38. The molecule has 0 radical (unpaired) electrons. The number of hydrogen-bond acceptors (Lipinski definition) is 4. The van der Waals surface area contributed by atoms with Crippen LogP contribution in [0.15, 0.2) is 24.3 Å². The number of rotatable bonds is 7. The van der Waals surface area contributed by atoms with Gasteiger partial charge < -0.3 is 15.0 Å². The van der Waals surface area contributed by atoms with Crippen molar-refractivity contribution in [3.05, 3.63) is 29.8 Å². The first kappa shape index (κ1) is 18.0. The number of hydrogen-bond donors (Lipinski definition) is 1. The van der Waals surface area contributed by atoms with Crippen molar-refractivity contribution in [3.63, 3.8) is 0 Å². The Morgan fingerprint density at radius 3 is 2.75 bits per heavy atom. The van der Waals surface area contributed by atoms with Gasteiger partial charge in [0.05, 0.1) is 5.92 Å². The normalized spacial score (nSPS) is 17.0. The standard InChI is InChI=1S/C18H24N2O4/c1-3-9-19-16(21)12-24-18(23)14-10-17(22)20(11-14)15-8-6-5-7-13(15)4-2/h5-8,14H,3-4,9-12H2,1-2H3,(H,19,21)/t14-/m1/s1. The predicted molar refractivity (Wildman–Crippen MR) is 90.5 cm³/mol. The fraction of sp³-hybridized carbons (Fsp3) is 0.500. The summed E-state index contributed by atoms with van der Waals surface area (Å²) in [5.74, 6) is -1.43. The van der Waals surface area contributed by atoms with Crippen molar-refractivity contribution in [1.82, 2.24) is 5.32 Å². The Morgan fingerprint density at radius 1 is 1.29 bits per heavy atom. The third-order valence-electron chi connectivity index (χ3n) is 4.04. The van der Waals surface area contributed by atoms with E-state index in [2.05, 4.69) is 5.32 Å². The maximum absolute atomic E-state index is 12.3. The van der Waals surface area contributed by atoms with E-state index >= 15 is 0 Å². The van der Waals surface area contributed by atoms with Crippen molar-refractivity contribution in [2.75, 3.05) is 24.6 Å². The van der Waals surface area contributed by atoms with Gasteiger partial charge in [0.25, 0.3) is 5.91 Å². The number of nitrogens with one attached hydrogen (secondary N) is 1. The van der Waals surface area contributed by atoms with Gasteiger partial charge in [-0.15, -0.1) is 0 Å². The maximum Gasteiger partial charge on any atom is 0.311 e. The highest BCUT2D eigenvalue weighted by Crippen LogP contribution is 2.28. The second-order valence-electron chi connectivity index (χ2n) is 5.85. The number of ether oxygens (including phenoxy) is 1. The van der Waals surface area contributed by atoms with Crippen molar-refractivity contribution in [3.8, 4) is 0 Å². The van der Waals surface area contributed by atoms with Crippen LogP contribution < -0.4 is 10.2 Å². The second-order valence-corrected chi connectivity index (χ2v) is 5.85. The van der Waals surface area contributed by atoms with E-state index in [1.54, 1.807) is 4.90 Å². The molecule has 0 bridgehead atoms. The predicted octanol–water partition coefficient (Wildman–Crippen LogP) is 1.67. The third-order valence-corrected chi connectivity index (χ3v) is 4.04. The molecule has 1 aromatic carbocycles. The number of amides is 2. The number of esters is 1. The summed E-state index contributed by atoms with van der Waals surface area (Å²) in [6.07, 6.45) is 1.75. The Labute approximate surface area is 142 Å². The van der Waals surface area contributed by atoms with Gasteiger partial charge in [-0.05, 0) is 24.5 Å². The number of aryl methyl sites for hydroxylation is 1. The third kappa shape index (κ3) is 4.34. The maximum atomic E-state index is 12.3. The van der Waals surface area contributed by atoms with Crippen LogP contribution in [0.1, 0.15) is 32.3 Å². The fourth-order valence-electron chi connectivity index (χ4n) is 2.74. The van der Waals surface area contributed by atoms with Gasteiger partial charge in [-0.25, -0.2) is 0 Å². The molecule has 1 heterocycles. The molecule has 1 fully saturated rings. The molecule has 1 N–H and O–H groups in total. The van der Waals surface area contributed by atoms with Crippen molar-refractivity contribution >= 4 is 23.5 Å². The molecule has 2 amide bonds. The van der Waals surface area contributed by atoms with Gasteiger partial charge in [0.2, 0.25) is 5.91 Å². The average molecular weight is 332 g/mol. The molecule has 0 unspecified atom stereocenters. The molecular formula is C18H24N2O4. The Hall–Kier alpha value is -2.37. The molecule has 2 rings (SSSR count). The van der Waals surface area contributed by atoms with E-state index in [9.17, 15) is 14.4 Å². The van der Waals surface area contributed by atoms with Gasteiger partial charge >= 0.3 is 5.97 Å². The molecule has 6 heteroatoms. The van der Waals surface area contributed by atoms with E-state index < -0.39 is 11.9 Å². The molecule has 0 spiro atoms. The van der Waals surface area contributed by atoms with Gasteiger partial charge in [0.1, 0.15) is 0 Å². The van der Waals surface area contributed by atoms with Crippen LogP contribution in [0.25, 0.3) is 0 Å². The molecular weight excluding hydrogens is 308 g/mol. The number of nitrogens with zero attached hydrogens (tertiary/aromatic N) is 1. The summed E-state index contributed by atoms with van der Waals surface area (Å²) in [5, 5.41) is 2.64. The molecule has 1 aromatic rings. The molecule has 1 aliphatic heterocycles. The summed E-state index contributed by atoms with van der Waals surface area (Å²) >= 11 is 0. The minimum atomic E-state index is -0.526. The minimum Gasteiger partial charge on any atom is -0.455 e. The molecule has 0 aliphatic carbocycles. The van der Waals surface area contributed by atoms with Crippen LogP contribution in [0.3, 0.4) is 0 Å². The van der Waals surface area contributed by atoms with Crippen molar-refractivity contribution < 1.29 is 19.1 Å². The highest BCUT2D eigenvalue weighted by atomic mass is 16.5. The lowest BCUT2D eigenvalue weighted by Crippen LogP contribution is -2.31. The van der Waals surface area contributed by atoms with Crippen LogP contribution in [0.4, 0.5) is 5.69 Å². The summed E-state index contributed by atoms with van der Waals surface area (Å²) in [4.78, 5) is 37.5. The van der Waals surface area contributed by atoms with Gasteiger partial charge in [-0.2, -0.15) is 0 Å². The molecule has 130 valence electrons. The Kier molecular flexibility index (Phi) is 6.35. The van der Waals surface area contributed by atoms with Crippen LogP contribution in [-0.2, 0) is 25.5 Å². The first-order valence-electron chi connectivity index (χ1n) is 8.38. The van der Waals surface area contributed by atoms with Gasteiger partial charge in [0, 0.05) is 25.2 Å². The number of benzene rings is 1. The van der Waals surface area contributed by atoms with E-state index in [-0.39, 0.29) is 24.8 Å². The van der Waals surface area contributed by atoms with E-state index in [1.807, 2.05) is 38.1 Å². The zero-order valence-corrected chi connectivity index (χ0v) is 14.2. The number of carbonyl (C=O) groups is 3. The smallest absolute Gasteiger partial charge is 0.311 e. The molecule has 0 saturated carbocycles. The number of carbonyl (C=O) groups excluding carboxylic acids is 3. The van der Waals surface area contributed by atoms with E-state index in [4.69, 9.17) is 4.74 Å². The highest BCUT2D eigenvalue weighted by Gasteiger charge is 2.36.